The molecule has 2 aliphatic heterocycles. The van der Waals surface area contributed by atoms with E-state index in [9.17, 15) is 13.2 Å². The van der Waals surface area contributed by atoms with Crippen LogP contribution in [0.25, 0.3) is 0 Å². The van der Waals surface area contributed by atoms with Crippen molar-refractivity contribution in [2.45, 2.75) is 30.3 Å². The first-order chi connectivity index (χ1) is 15.0. The van der Waals surface area contributed by atoms with Crippen molar-refractivity contribution in [3.63, 3.8) is 0 Å². The fraction of sp³-hybridized carbons (Fsp3) is 0.227. The minimum atomic E-state index is -3.73. The van der Waals surface area contributed by atoms with Crippen LogP contribution >= 0.6 is 0 Å². The Morgan fingerprint density at radius 2 is 1.87 bits per heavy atom. The lowest BCUT2D eigenvalue weighted by Gasteiger charge is -2.25. The van der Waals surface area contributed by atoms with Gasteiger partial charge in [-0.1, -0.05) is 42.5 Å². The summed E-state index contributed by atoms with van der Waals surface area (Å²) in [5.41, 5.74) is 2.27. The molecule has 0 unspecified atom stereocenters. The molecule has 0 spiro atoms. The second kappa shape index (κ2) is 7.66. The molecule has 0 aliphatic carbocycles. The Hall–Kier alpha value is -3.46. The van der Waals surface area contributed by atoms with Crippen LogP contribution in [-0.4, -0.2) is 47.4 Å². The van der Waals surface area contributed by atoms with Gasteiger partial charge in [0.1, 0.15) is 10.9 Å². The monoisotopic (exact) mass is 435 g/mol. The molecule has 8 nitrogen and oxygen atoms in total. The van der Waals surface area contributed by atoms with Crippen LogP contribution in [0, 0.1) is 0 Å². The molecule has 2 aliphatic rings. The van der Waals surface area contributed by atoms with Crippen LogP contribution in [0.2, 0.25) is 0 Å². The number of fused-ring (bicyclic) bond motifs is 1. The Kier molecular flexibility index (Phi) is 4.82. The molecule has 0 radical (unpaired) electrons. The van der Waals surface area contributed by atoms with Crippen molar-refractivity contribution in [2.75, 3.05) is 11.9 Å². The number of carbonyl (C=O) groups is 1. The molecule has 1 atom stereocenters. The van der Waals surface area contributed by atoms with Crippen molar-refractivity contribution >= 4 is 27.5 Å². The maximum absolute atomic E-state index is 13.0. The van der Waals surface area contributed by atoms with Gasteiger partial charge >= 0.3 is 0 Å². The third-order valence-electron chi connectivity index (χ3n) is 5.53. The maximum atomic E-state index is 13.0. The standard InChI is InChI=1S/C22H21N5O3S/c28-22(24-17-13-23-26(15-17)14-16-7-2-1-3-8-16)19-10-6-12-27(19)21-18-9-4-5-11-20(18)31(29,30)25-21/h1-5,7-9,11,13,15,19H,6,10,12,14H2,(H,24,28)/t19-/m0/s1. The van der Waals surface area contributed by atoms with Crippen molar-refractivity contribution in [1.82, 2.24) is 14.7 Å². The van der Waals surface area contributed by atoms with E-state index in [4.69, 9.17) is 0 Å². The number of rotatable bonds is 4. The number of nitrogens with zero attached hydrogens (tertiary/aromatic N) is 4. The van der Waals surface area contributed by atoms with Gasteiger partial charge in [-0.05, 0) is 30.5 Å². The van der Waals surface area contributed by atoms with Crippen molar-refractivity contribution in [1.29, 1.82) is 0 Å². The molecule has 0 saturated carbocycles. The number of likely N-dealkylation sites (tertiary alicyclic amines) is 1. The second-order valence-corrected chi connectivity index (χ2v) is 9.21. The molecule has 1 N–H and O–H groups in total. The van der Waals surface area contributed by atoms with Crippen molar-refractivity contribution in [2.24, 2.45) is 4.40 Å². The lowest BCUT2D eigenvalue weighted by Crippen LogP contribution is -2.43. The van der Waals surface area contributed by atoms with E-state index in [1.54, 1.807) is 46.2 Å². The first-order valence-corrected chi connectivity index (χ1v) is 11.5. The van der Waals surface area contributed by atoms with E-state index in [0.29, 0.717) is 36.6 Å². The molecule has 0 bridgehead atoms. The number of sulfonamides is 1. The molecule has 2 aromatic carbocycles. The normalized spacial score (nSPS) is 19.2. The average molecular weight is 436 g/mol. The predicted molar refractivity (Wildman–Crippen MR) is 116 cm³/mol. The van der Waals surface area contributed by atoms with Crippen LogP contribution < -0.4 is 5.32 Å². The number of nitrogens with one attached hydrogen (secondary N) is 1. The molecule has 31 heavy (non-hydrogen) atoms. The smallest absolute Gasteiger partial charge is 0.285 e. The Balaban J connectivity index is 1.32. The van der Waals surface area contributed by atoms with Gasteiger partial charge in [0, 0.05) is 18.3 Å². The summed E-state index contributed by atoms with van der Waals surface area (Å²) < 4.78 is 30.6. The first kappa shape index (κ1) is 19.5. The Morgan fingerprint density at radius 1 is 1.10 bits per heavy atom. The number of amides is 1. The number of hydrogen-bond donors (Lipinski definition) is 1. The van der Waals surface area contributed by atoms with Gasteiger partial charge in [-0.15, -0.1) is 4.40 Å². The van der Waals surface area contributed by atoms with E-state index in [1.807, 2.05) is 30.3 Å². The SMILES string of the molecule is O=C(Nc1cnn(Cc2ccccc2)c1)[C@@H]1CCCN1C1=NS(=O)(=O)c2ccccc21. The highest BCUT2D eigenvalue weighted by Crippen LogP contribution is 2.31. The Bertz CT molecular complexity index is 1270. The van der Waals surface area contributed by atoms with Crippen LogP contribution in [0.3, 0.4) is 0 Å². The van der Waals surface area contributed by atoms with Crippen molar-refractivity contribution in [3.05, 3.63) is 78.1 Å². The van der Waals surface area contributed by atoms with E-state index in [1.165, 1.54) is 0 Å². The fourth-order valence-electron chi connectivity index (χ4n) is 4.10. The molecule has 1 fully saturated rings. The number of amidine groups is 1. The van der Waals surface area contributed by atoms with Gasteiger partial charge in [0.2, 0.25) is 5.91 Å². The minimum Gasteiger partial charge on any atom is -0.343 e. The summed E-state index contributed by atoms with van der Waals surface area (Å²) >= 11 is 0. The summed E-state index contributed by atoms with van der Waals surface area (Å²) in [5.74, 6) is 0.161. The summed E-state index contributed by atoms with van der Waals surface area (Å²) in [6.45, 7) is 1.19. The van der Waals surface area contributed by atoms with Crippen LogP contribution in [0.1, 0.15) is 24.0 Å². The number of benzene rings is 2. The van der Waals surface area contributed by atoms with Crippen LogP contribution in [0.4, 0.5) is 5.69 Å². The Labute approximate surface area is 180 Å². The first-order valence-electron chi connectivity index (χ1n) is 10.1. The van der Waals surface area contributed by atoms with Gasteiger partial charge in [0.15, 0.2) is 5.84 Å². The van der Waals surface area contributed by atoms with Gasteiger partial charge in [-0.3, -0.25) is 9.48 Å². The molecule has 1 saturated heterocycles. The zero-order valence-electron chi connectivity index (χ0n) is 16.7. The number of anilines is 1. The van der Waals surface area contributed by atoms with Crippen LogP contribution in [-0.2, 0) is 21.4 Å². The molecule has 3 aromatic rings. The zero-order chi connectivity index (χ0) is 21.4. The van der Waals surface area contributed by atoms with Gasteiger partial charge in [0.05, 0.1) is 18.4 Å². The van der Waals surface area contributed by atoms with E-state index >= 15 is 0 Å². The molecule has 1 amide bonds. The van der Waals surface area contributed by atoms with Gasteiger partial charge in [0.25, 0.3) is 10.0 Å². The summed E-state index contributed by atoms with van der Waals surface area (Å²) in [6, 6.07) is 16.2. The number of carbonyl (C=O) groups excluding carboxylic acids is 1. The van der Waals surface area contributed by atoms with Gasteiger partial charge in [-0.25, -0.2) is 0 Å². The third-order valence-corrected chi connectivity index (χ3v) is 6.85. The van der Waals surface area contributed by atoms with Crippen LogP contribution in [0.15, 0.2) is 76.3 Å². The van der Waals surface area contributed by atoms with E-state index in [0.717, 1.165) is 12.0 Å². The summed E-state index contributed by atoms with van der Waals surface area (Å²) in [5, 5.41) is 7.24. The summed E-state index contributed by atoms with van der Waals surface area (Å²) in [6.07, 6.45) is 4.82. The van der Waals surface area contributed by atoms with Crippen molar-refractivity contribution < 1.29 is 13.2 Å². The van der Waals surface area contributed by atoms with Crippen molar-refractivity contribution in [3.8, 4) is 0 Å². The molecule has 9 heteroatoms. The number of aromatic nitrogens is 2. The van der Waals surface area contributed by atoms with E-state index < -0.39 is 16.1 Å². The lowest BCUT2D eigenvalue weighted by molar-refractivity contribution is -0.119. The number of hydrogen-bond acceptors (Lipinski definition) is 5. The summed E-state index contributed by atoms with van der Waals surface area (Å²) in [4.78, 5) is 15.0. The Morgan fingerprint density at radius 3 is 2.71 bits per heavy atom. The quantitative estimate of drug-likeness (QED) is 0.679. The largest absolute Gasteiger partial charge is 0.343 e. The van der Waals surface area contributed by atoms with Gasteiger partial charge in [-0.2, -0.15) is 13.5 Å². The second-order valence-electron chi connectivity index (χ2n) is 7.64. The minimum absolute atomic E-state index is 0.193. The fourth-order valence-corrected chi connectivity index (χ4v) is 5.32. The molecule has 1 aromatic heterocycles. The topological polar surface area (TPSA) is 96.7 Å². The third kappa shape index (κ3) is 3.72. The summed E-state index contributed by atoms with van der Waals surface area (Å²) in [7, 11) is -3.73. The average Bonchev–Trinajstić information content (AvgIpc) is 3.47. The predicted octanol–water partition coefficient (Wildman–Crippen LogP) is 2.48. The van der Waals surface area contributed by atoms with Crippen LogP contribution in [0.5, 0.6) is 0 Å². The maximum Gasteiger partial charge on any atom is 0.285 e. The highest BCUT2D eigenvalue weighted by molar-refractivity contribution is 7.90. The molecular weight excluding hydrogens is 414 g/mol. The molecule has 158 valence electrons. The molecular formula is C22H21N5O3S. The zero-order valence-corrected chi connectivity index (χ0v) is 17.5. The highest BCUT2D eigenvalue weighted by Gasteiger charge is 2.39. The lowest BCUT2D eigenvalue weighted by atomic mass is 10.1. The van der Waals surface area contributed by atoms with E-state index in [2.05, 4.69) is 14.8 Å². The molecule has 5 rings (SSSR count). The van der Waals surface area contributed by atoms with E-state index in [-0.39, 0.29) is 10.8 Å². The van der Waals surface area contributed by atoms with Gasteiger partial charge < -0.3 is 10.2 Å². The molecule has 3 heterocycles. The highest BCUT2D eigenvalue weighted by atomic mass is 32.2.